The normalized spacial score (nSPS) is 25.9. The van der Waals surface area contributed by atoms with Gasteiger partial charge in [0.15, 0.2) is 0 Å². The van der Waals surface area contributed by atoms with E-state index in [1.165, 1.54) is 5.56 Å². The van der Waals surface area contributed by atoms with Gasteiger partial charge in [-0.25, -0.2) is 0 Å². The molecule has 0 heterocycles. The van der Waals surface area contributed by atoms with E-state index in [0.717, 1.165) is 6.42 Å². The van der Waals surface area contributed by atoms with Crippen LogP contribution in [-0.2, 0) is 4.79 Å². The second-order valence-corrected chi connectivity index (χ2v) is 4.15. The van der Waals surface area contributed by atoms with Crippen LogP contribution in [0.4, 0.5) is 0 Å². The predicted molar refractivity (Wildman–Crippen MR) is 57.6 cm³/mol. The molecule has 1 saturated carbocycles. The maximum absolute atomic E-state index is 11.3. The van der Waals surface area contributed by atoms with Crippen LogP contribution in [-0.4, -0.2) is 11.7 Å². The van der Waals surface area contributed by atoms with E-state index in [1.807, 2.05) is 18.2 Å². The van der Waals surface area contributed by atoms with E-state index in [-0.39, 0.29) is 5.92 Å². The Kier molecular flexibility index (Phi) is 2.87. The second-order valence-electron chi connectivity index (χ2n) is 3.77. The molecular formula is C12H13ClO. The smallest absolute Gasteiger partial charge is 0.137 e. The first-order chi connectivity index (χ1) is 6.83. The van der Waals surface area contributed by atoms with E-state index in [2.05, 4.69) is 12.1 Å². The molecule has 1 aliphatic rings. The lowest BCUT2D eigenvalue weighted by molar-refractivity contribution is -0.131. The minimum atomic E-state index is 0.176. The van der Waals surface area contributed by atoms with Crippen LogP contribution in [0.25, 0.3) is 0 Å². The number of halogens is 1. The van der Waals surface area contributed by atoms with Gasteiger partial charge in [-0.05, 0) is 12.0 Å². The monoisotopic (exact) mass is 208 g/mol. The predicted octanol–water partition coefficient (Wildman–Crippen LogP) is 2.99. The Bertz CT molecular complexity index is 320. The molecule has 1 fully saturated rings. The van der Waals surface area contributed by atoms with Crippen molar-refractivity contribution in [2.24, 2.45) is 5.92 Å². The molecule has 0 amide bonds. The summed E-state index contributed by atoms with van der Waals surface area (Å²) in [5, 5.41) is 0. The molecule has 74 valence electrons. The molecule has 0 saturated heterocycles. The van der Waals surface area contributed by atoms with E-state index in [0.29, 0.717) is 24.0 Å². The van der Waals surface area contributed by atoms with Gasteiger partial charge in [-0.1, -0.05) is 30.3 Å². The molecule has 0 N–H and O–H groups in total. The van der Waals surface area contributed by atoms with Crippen LogP contribution >= 0.6 is 11.6 Å². The molecule has 0 radical (unpaired) electrons. The third kappa shape index (κ3) is 1.69. The average molecular weight is 209 g/mol. The van der Waals surface area contributed by atoms with Crippen molar-refractivity contribution in [3.8, 4) is 0 Å². The van der Waals surface area contributed by atoms with Crippen molar-refractivity contribution in [1.29, 1.82) is 0 Å². The van der Waals surface area contributed by atoms with Gasteiger partial charge in [-0.3, -0.25) is 4.79 Å². The van der Waals surface area contributed by atoms with Gasteiger partial charge in [-0.15, -0.1) is 11.6 Å². The maximum Gasteiger partial charge on any atom is 0.137 e. The van der Waals surface area contributed by atoms with Gasteiger partial charge in [-0.2, -0.15) is 0 Å². The topological polar surface area (TPSA) is 17.1 Å². The molecule has 0 spiro atoms. The van der Waals surface area contributed by atoms with Gasteiger partial charge in [0, 0.05) is 24.1 Å². The van der Waals surface area contributed by atoms with Gasteiger partial charge in [0.1, 0.15) is 5.78 Å². The summed E-state index contributed by atoms with van der Waals surface area (Å²) >= 11 is 5.67. The molecule has 1 aromatic rings. The van der Waals surface area contributed by atoms with Gasteiger partial charge in [0.2, 0.25) is 0 Å². The van der Waals surface area contributed by atoms with Gasteiger partial charge < -0.3 is 0 Å². The third-order valence-electron chi connectivity index (χ3n) is 2.97. The zero-order chi connectivity index (χ0) is 9.97. The van der Waals surface area contributed by atoms with Gasteiger partial charge in [0.05, 0.1) is 0 Å². The number of Topliss-reactive ketones (excluding diaryl/α,β-unsaturated/α-hetero) is 1. The lowest BCUT2D eigenvalue weighted by atomic mass is 9.68. The second kappa shape index (κ2) is 4.14. The summed E-state index contributed by atoms with van der Waals surface area (Å²) in [5.41, 5.74) is 1.28. The van der Waals surface area contributed by atoms with Crippen LogP contribution in [0.15, 0.2) is 30.3 Å². The van der Waals surface area contributed by atoms with E-state index >= 15 is 0 Å². The highest BCUT2D eigenvalue weighted by Crippen LogP contribution is 2.41. The fourth-order valence-electron chi connectivity index (χ4n) is 2.10. The average Bonchev–Trinajstić information content (AvgIpc) is 2.24. The van der Waals surface area contributed by atoms with Crippen LogP contribution < -0.4 is 0 Å². The minimum Gasteiger partial charge on any atom is -0.299 e. The molecule has 1 nitrogen and oxygen atoms in total. The molecule has 0 bridgehead atoms. The van der Waals surface area contributed by atoms with E-state index in [4.69, 9.17) is 11.6 Å². The first-order valence-corrected chi connectivity index (χ1v) is 5.50. The molecule has 0 aliphatic heterocycles. The number of alkyl halides is 1. The molecule has 2 heteroatoms. The Hall–Kier alpha value is -0.820. The summed E-state index contributed by atoms with van der Waals surface area (Å²) < 4.78 is 0. The summed E-state index contributed by atoms with van der Waals surface area (Å²) in [5.74, 6) is 1.55. The molecule has 2 unspecified atom stereocenters. The summed E-state index contributed by atoms with van der Waals surface area (Å²) in [6.07, 6.45) is 1.52. The maximum atomic E-state index is 11.3. The number of hydrogen-bond donors (Lipinski definition) is 0. The van der Waals surface area contributed by atoms with Crippen LogP contribution in [0.1, 0.15) is 24.3 Å². The highest BCUT2D eigenvalue weighted by Gasteiger charge is 2.39. The Morgan fingerprint density at radius 1 is 1.29 bits per heavy atom. The van der Waals surface area contributed by atoms with E-state index < -0.39 is 0 Å². The first-order valence-electron chi connectivity index (χ1n) is 4.96. The lowest BCUT2D eigenvalue weighted by Gasteiger charge is -2.35. The summed E-state index contributed by atoms with van der Waals surface area (Å²) in [4.78, 5) is 11.3. The van der Waals surface area contributed by atoms with Crippen molar-refractivity contribution in [1.82, 2.24) is 0 Å². The fraction of sp³-hybridized carbons (Fsp3) is 0.417. The highest BCUT2D eigenvalue weighted by atomic mass is 35.5. The molecular weight excluding hydrogens is 196 g/mol. The van der Waals surface area contributed by atoms with Gasteiger partial charge >= 0.3 is 0 Å². The van der Waals surface area contributed by atoms with Crippen molar-refractivity contribution < 1.29 is 4.79 Å². The first kappa shape index (κ1) is 9.72. The highest BCUT2D eigenvalue weighted by molar-refractivity contribution is 6.18. The SMILES string of the molecule is O=C1CC(c2ccccc2)C1CCCl. The minimum absolute atomic E-state index is 0.176. The van der Waals surface area contributed by atoms with Crippen molar-refractivity contribution in [3.63, 3.8) is 0 Å². The van der Waals surface area contributed by atoms with E-state index in [9.17, 15) is 4.79 Å². The number of benzene rings is 1. The molecule has 1 aliphatic carbocycles. The number of carbonyl (C=O) groups is 1. The summed E-state index contributed by atoms with van der Waals surface area (Å²) in [6.45, 7) is 0. The van der Waals surface area contributed by atoms with Gasteiger partial charge in [0.25, 0.3) is 0 Å². The molecule has 2 rings (SSSR count). The summed E-state index contributed by atoms with van der Waals surface area (Å²) in [6, 6.07) is 10.2. The lowest BCUT2D eigenvalue weighted by Crippen LogP contribution is -2.35. The standard InChI is InChI=1S/C12H13ClO/c13-7-6-10-11(8-12(10)14)9-4-2-1-3-5-9/h1-5,10-11H,6-8H2. The Balaban J connectivity index is 2.10. The molecule has 1 aromatic carbocycles. The summed E-state index contributed by atoms with van der Waals surface area (Å²) in [7, 11) is 0. The van der Waals surface area contributed by atoms with Crippen molar-refractivity contribution in [3.05, 3.63) is 35.9 Å². The Morgan fingerprint density at radius 2 is 2.00 bits per heavy atom. The van der Waals surface area contributed by atoms with Crippen molar-refractivity contribution in [2.45, 2.75) is 18.8 Å². The Morgan fingerprint density at radius 3 is 2.57 bits per heavy atom. The third-order valence-corrected chi connectivity index (χ3v) is 3.19. The number of rotatable bonds is 3. The number of carbonyl (C=O) groups excluding carboxylic acids is 1. The Labute approximate surface area is 89.1 Å². The zero-order valence-electron chi connectivity index (χ0n) is 7.95. The van der Waals surface area contributed by atoms with Crippen LogP contribution in [0, 0.1) is 5.92 Å². The number of hydrogen-bond acceptors (Lipinski definition) is 1. The van der Waals surface area contributed by atoms with Crippen molar-refractivity contribution >= 4 is 17.4 Å². The van der Waals surface area contributed by atoms with Crippen LogP contribution in [0.3, 0.4) is 0 Å². The molecule has 14 heavy (non-hydrogen) atoms. The quantitative estimate of drug-likeness (QED) is 0.698. The molecule has 2 atom stereocenters. The molecule has 0 aromatic heterocycles. The van der Waals surface area contributed by atoms with Crippen LogP contribution in [0.2, 0.25) is 0 Å². The van der Waals surface area contributed by atoms with E-state index in [1.54, 1.807) is 0 Å². The zero-order valence-corrected chi connectivity index (χ0v) is 8.70. The van der Waals surface area contributed by atoms with Crippen molar-refractivity contribution in [2.75, 3.05) is 5.88 Å². The largest absolute Gasteiger partial charge is 0.299 e. The number of ketones is 1. The fourth-order valence-corrected chi connectivity index (χ4v) is 2.34. The van der Waals surface area contributed by atoms with Crippen LogP contribution in [0.5, 0.6) is 0 Å².